The van der Waals surface area contributed by atoms with Gasteiger partial charge in [0.15, 0.2) is 5.78 Å². The standard InChI is InChI=1S/C33H32FNO3S/c1-20-8-10-23(34)17-30(20)38-19-26-24(11-12-27-32(26)21(2)18-33(3,4)35-27)25-15-22(9-13-29(25)37-5)16-28(36)31-7-6-14-39-31/h6-15,17-18,35H,16,19H2,1-5H3. The molecule has 0 spiro atoms. The lowest BCUT2D eigenvalue weighted by Gasteiger charge is -2.33. The molecule has 0 bridgehead atoms. The molecule has 1 N–H and O–H groups in total. The van der Waals surface area contributed by atoms with Crippen LogP contribution in [0.4, 0.5) is 10.1 Å². The van der Waals surface area contributed by atoms with Gasteiger partial charge in [-0.25, -0.2) is 4.39 Å². The maximum Gasteiger partial charge on any atom is 0.177 e. The second-order valence-electron chi connectivity index (χ2n) is 10.5. The molecular formula is C33H32FNO3S. The molecule has 1 aliphatic heterocycles. The number of carbonyl (C=O) groups excluding carboxylic acids is 1. The molecule has 4 aromatic rings. The molecule has 4 nitrogen and oxygen atoms in total. The molecule has 39 heavy (non-hydrogen) atoms. The Hall–Kier alpha value is -3.90. The van der Waals surface area contributed by atoms with Gasteiger partial charge < -0.3 is 14.8 Å². The minimum atomic E-state index is -0.338. The third-order valence-corrected chi connectivity index (χ3v) is 7.89. The number of halogens is 1. The van der Waals surface area contributed by atoms with E-state index >= 15 is 0 Å². The van der Waals surface area contributed by atoms with Gasteiger partial charge in [0.05, 0.1) is 17.5 Å². The van der Waals surface area contributed by atoms with Gasteiger partial charge in [-0.15, -0.1) is 11.3 Å². The minimum Gasteiger partial charge on any atom is -0.496 e. The van der Waals surface area contributed by atoms with Gasteiger partial charge >= 0.3 is 0 Å². The van der Waals surface area contributed by atoms with Crippen molar-refractivity contribution in [3.05, 3.63) is 105 Å². The Morgan fingerprint density at radius 1 is 1.00 bits per heavy atom. The lowest BCUT2D eigenvalue weighted by molar-refractivity contribution is 0.0997. The first kappa shape index (κ1) is 26.7. The number of anilines is 1. The van der Waals surface area contributed by atoms with Crippen LogP contribution in [0.5, 0.6) is 11.5 Å². The number of ketones is 1. The van der Waals surface area contributed by atoms with Gasteiger partial charge in [-0.05, 0) is 85.7 Å². The lowest BCUT2D eigenvalue weighted by Crippen LogP contribution is -2.32. The number of fused-ring (bicyclic) bond motifs is 1. The fourth-order valence-electron chi connectivity index (χ4n) is 5.27. The van der Waals surface area contributed by atoms with E-state index in [4.69, 9.17) is 9.47 Å². The number of hydrogen-bond donors (Lipinski definition) is 1. The molecule has 0 radical (unpaired) electrons. The number of rotatable bonds is 8. The van der Waals surface area contributed by atoms with Crippen molar-refractivity contribution in [1.82, 2.24) is 0 Å². The summed E-state index contributed by atoms with van der Waals surface area (Å²) in [5.41, 5.74) is 7.56. The van der Waals surface area contributed by atoms with E-state index in [1.54, 1.807) is 13.2 Å². The predicted molar refractivity (Wildman–Crippen MR) is 158 cm³/mol. The number of benzene rings is 3. The number of thiophene rings is 1. The monoisotopic (exact) mass is 541 g/mol. The van der Waals surface area contributed by atoms with E-state index in [0.29, 0.717) is 17.9 Å². The third-order valence-electron chi connectivity index (χ3n) is 6.98. The Labute approximate surface area is 233 Å². The zero-order chi connectivity index (χ0) is 27.7. The molecule has 200 valence electrons. The third kappa shape index (κ3) is 5.62. The van der Waals surface area contributed by atoms with Gasteiger partial charge in [-0.2, -0.15) is 0 Å². The van der Waals surface area contributed by atoms with Crippen LogP contribution in [0.1, 0.15) is 52.7 Å². The first-order valence-corrected chi connectivity index (χ1v) is 13.8. The average molecular weight is 542 g/mol. The Bertz CT molecular complexity index is 1570. The molecule has 0 fully saturated rings. The summed E-state index contributed by atoms with van der Waals surface area (Å²) < 4.78 is 26.1. The number of allylic oxidation sites excluding steroid dienone is 1. The summed E-state index contributed by atoms with van der Waals surface area (Å²) in [5, 5.41) is 5.53. The minimum absolute atomic E-state index is 0.0851. The molecule has 1 aliphatic rings. The molecule has 0 unspecified atom stereocenters. The molecule has 0 aliphatic carbocycles. The molecule has 3 aromatic carbocycles. The topological polar surface area (TPSA) is 47.6 Å². The van der Waals surface area contributed by atoms with Crippen LogP contribution in [0.25, 0.3) is 16.7 Å². The van der Waals surface area contributed by atoms with Gasteiger partial charge in [-0.3, -0.25) is 4.79 Å². The number of Topliss-reactive ketones (excluding diaryl/α,β-unsaturated/α-hetero) is 1. The van der Waals surface area contributed by atoms with E-state index in [9.17, 15) is 9.18 Å². The first-order chi connectivity index (χ1) is 18.6. The van der Waals surface area contributed by atoms with Gasteiger partial charge in [0.1, 0.15) is 23.9 Å². The second-order valence-corrected chi connectivity index (χ2v) is 11.4. The molecule has 5 rings (SSSR count). The van der Waals surface area contributed by atoms with Crippen molar-refractivity contribution in [2.24, 2.45) is 0 Å². The molecule has 0 saturated carbocycles. The van der Waals surface area contributed by atoms with E-state index in [1.807, 2.05) is 42.6 Å². The van der Waals surface area contributed by atoms with Crippen molar-refractivity contribution in [2.75, 3.05) is 12.4 Å². The van der Waals surface area contributed by atoms with E-state index in [-0.39, 0.29) is 23.7 Å². The molecule has 2 heterocycles. The first-order valence-electron chi connectivity index (χ1n) is 12.9. The number of carbonyl (C=O) groups is 1. The van der Waals surface area contributed by atoms with Crippen LogP contribution < -0.4 is 14.8 Å². The predicted octanol–water partition coefficient (Wildman–Crippen LogP) is 8.48. The summed E-state index contributed by atoms with van der Waals surface area (Å²) in [5.74, 6) is 0.958. The molecule has 6 heteroatoms. The Morgan fingerprint density at radius 3 is 2.56 bits per heavy atom. The van der Waals surface area contributed by atoms with Crippen molar-refractivity contribution in [3.8, 4) is 22.6 Å². The summed E-state index contributed by atoms with van der Waals surface area (Å²) in [7, 11) is 1.65. The zero-order valence-electron chi connectivity index (χ0n) is 22.9. The average Bonchev–Trinajstić information content (AvgIpc) is 3.43. The summed E-state index contributed by atoms with van der Waals surface area (Å²) in [6.45, 7) is 8.52. The summed E-state index contributed by atoms with van der Waals surface area (Å²) in [6.07, 6.45) is 2.51. The van der Waals surface area contributed by atoms with Crippen LogP contribution in [0, 0.1) is 12.7 Å². The second kappa shape index (κ2) is 10.7. The Morgan fingerprint density at radius 2 is 1.82 bits per heavy atom. The highest BCUT2D eigenvalue weighted by Crippen LogP contribution is 2.43. The molecule has 0 atom stereocenters. The SMILES string of the molecule is COc1ccc(CC(=O)c2cccs2)cc1-c1ccc2c(c1COc1cc(F)ccc1C)C(C)=CC(C)(C)N2. The van der Waals surface area contributed by atoms with Crippen molar-refractivity contribution in [1.29, 1.82) is 0 Å². The molecule has 0 saturated heterocycles. The number of ether oxygens (including phenoxy) is 2. The Balaban J connectivity index is 1.62. The van der Waals surface area contributed by atoms with Crippen LogP contribution in [0.15, 0.2) is 72.1 Å². The fourth-order valence-corrected chi connectivity index (χ4v) is 5.93. The normalized spacial score (nSPS) is 13.7. The fraction of sp³-hybridized carbons (Fsp3) is 0.242. The van der Waals surface area contributed by atoms with E-state index in [1.165, 1.54) is 23.5 Å². The highest BCUT2D eigenvalue weighted by molar-refractivity contribution is 7.12. The highest BCUT2D eigenvalue weighted by atomic mass is 32.1. The largest absolute Gasteiger partial charge is 0.496 e. The number of aryl methyl sites for hydroxylation is 1. The molecule has 0 amide bonds. The maximum atomic E-state index is 14.0. The van der Waals surface area contributed by atoms with Crippen molar-refractivity contribution < 1.29 is 18.7 Å². The van der Waals surface area contributed by atoms with Crippen molar-refractivity contribution >= 4 is 28.4 Å². The smallest absolute Gasteiger partial charge is 0.177 e. The molecular weight excluding hydrogens is 509 g/mol. The van der Waals surface area contributed by atoms with Crippen molar-refractivity contribution in [3.63, 3.8) is 0 Å². The Kier molecular flexibility index (Phi) is 7.32. The summed E-state index contributed by atoms with van der Waals surface area (Å²) in [6, 6.07) is 18.4. The maximum absolute atomic E-state index is 14.0. The van der Waals surface area contributed by atoms with Crippen molar-refractivity contribution in [2.45, 2.75) is 46.3 Å². The van der Waals surface area contributed by atoms with Gasteiger partial charge in [0.2, 0.25) is 0 Å². The van der Waals surface area contributed by atoms with E-state index < -0.39 is 0 Å². The van der Waals surface area contributed by atoms with Gasteiger partial charge in [0, 0.05) is 34.9 Å². The van der Waals surface area contributed by atoms with E-state index in [0.717, 1.165) is 49.5 Å². The highest BCUT2D eigenvalue weighted by Gasteiger charge is 2.27. The number of methoxy groups -OCH3 is 1. The lowest BCUT2D eigenvalue weighted by atomic mass is 9.85. The van der Waals surface area contributed by atoms with Crippen LogP contribution in [0.2, 0.25) is 0 Å². The summed E-state index contributed by atoms with van der Waals surface area (Å²) in [4.78, 5) is 13.6. The zero-order valence-corrected chi connectivity index (χ0v) is 23.7. The number of nitrogens with one attached hydrogen (secondary N) is 1. The number of hydrogen-bond acceptors (Lipinski definition) is 5. The van der Waals surface area contributed by atoms with Crippen LogP contribution in [0.3, 0.4) is 0 Å². The quantitative estimate of drug-likeness (QED) is 0.227. The van der Waals surface area contributed by atoms with Gasteiger partial charge in [0.25, 0.3) is 0 Å². The summed E-state index contributed by atoms with van der Waals surface area (Å²) >= 11 is 1.45. The van der Waals surface area contributed by atoms with E-state index in [2.05, 4.69) is 44.3 Å². The molecule has 1 aromatic heterocycles. The van der Waals surface area contributed by atoms with Crippen LogP contribution in [-0.4, -0.2) is 18.4 Å². The van der Waals surface area contributed by atoms with Crippen LogP contribution in [-0.2, 0) is 13.0 Å². The van der Waals surface area contributed by atoms with Crippen LogP contribution >= 0.6 is 11.3 Å². The van der Waals surface area contributed by atoms with Gasteiger partial charge in [-0.1, -0.05) is 30.3 Å².